The van der Waals surface area contributed by atoms with Gasteiger partial charge < -0.3 is 14.8 Å². The van der Waals surface area contributed by atoms with Crippen LogP contribution in [0.1, 0.15) is 42.5 Å². The molecule has 1 aliphatic carbocycles. The maximum Gasteiger partial charge on any atom is 0.341 e. The molecule has 0 bridgehead atoms. The lowest BCUT2D eigenvalue weighted by molar-refractivity contribution is -0.128. The van der Waals surface area contributed by atoms with Crippen molar-refractivity contribution >= 4 is 17.6 Å². The summed E-state index contributed by atoms with van der Waals surface area (Å²) in [6, 6.07) is 5.12. The topological polar surface area (TPSA) is 64.6 Å². The number of para-hydroxylation sites is 1. The fraction of sp³-hybridized carbons (Fsp3) is 0.500. The molecule has 0 aromatic heterocycles. The van der Waals surface area contributed by atoms with Crippen LogP contribution in [-0.2, 0) is 9.53 Å². The number of methoxy groups -OCH3 is 1. The standard InChI is InChI=1S/C16H19NO4/c1-20-14(18)11-6-5-7-12-13(11)21-10-16(15(19)17-12)8-3-2-4-9-16/h5-7H,2-4,8-10H2,1H3,(H,17,19). The molecule has 0 atom stereocenters. The fourth-order valence-corrected chi connectivity index (χ4v) is 3.19. The van der Waals surface area contributed by atoms with Gasteiger partial charge >= 0.3 is 5.97 Å². The number of fused-ring (bicyclic) bond motifs is 1. The van der Waals surface area contributed by atoms with Crippen LogP contribution in [-0.4, -0.2) is 25.6 Å². The van der Waals surface area contributed by atoms with Crippen molar-refractivity contribution in [1.29, 1.82) is 0 Å². The number of carbonyl (C=O) groups is 2. The van der Waals surface area contributed by atoms with Gasteiger partial charge in [-0.15, -0.1) is 0 Å². The molecule has 5 nitrogen and oxygen atoms in total. The van der Waals surface area contributed by atoms with Crippen LogP contribution in [0.15, 0.2) is 18.2 Å². The van der Waals surface area contributed by atoms with Crippen LogP contribution in [0.3, 0.4) is 0 Å². The van der Waals surface area contributed by atoms with E-state index in [1.165, 1.54) is 7.11 Å². The van der Waals surface area contributed by atoms with Crippen molar-refractivity contribution in [1.82, 2.24) is 0 Å². The van der Waals surface area contributed by atoms with E-state index in [9.17, 15) is 9.59 Å². The van der Waals surface area contributed by atoms with E-state index in [0.29, 0.717) is 23.6 Å². The van der Waals surface area contributed by atoms with Gasteiger partial charge in [-0.1, -0.05) is 25.3 Å². The molecule has 5 heteroatoms. The Labute approximate surface area is 123 Å². The molecular weight excluding hydrogens is 270 g/mol. The lowest BCUT2D eigenvalue weighted by atomic mass is 9.74. The van der Waals surface area contributed by atoms with Crippen LogP contribution in [0.25, 0.3) is 0 Å². The van der Waals surface area contributed by atoms with E-state index in [0.717, 1.165) is 32.1 Å². The second-order valence-electron chi connectivity index (χ2n) is 5.76. The SMILES string of the molecule is COC(=O)c1cccc2c1OCC1(CCCCC1)C(=O)N2. The van der Waals surface area contributed by atoms with Crippen molar-refractivity contribution in [2.75, 3.05) is 19.0 Å². The van der Waals surface area contributed by atoms with E-state index in [-0.39, 0.29) is 5.91 Å². The second kappa shape index (κ2) is 5.39. The maximum atomic E-state index is 12.6. The molecule has 0 saturated heterocycles. The lowest BCUT2D eigenvalue weighted by Gasteiger charge is -2.33. The van der Waals surface area contributed by atoms with Gasteiger partial charge in [0.1, 0.15) is 12.2 Å². The highest BCUT2D eigenvalue weighted by Gasteiger charge is 2.43. The van der Waals surface area contributed by atoms with E-state index >= 15 is 0 Å². The number of nitrogens with one attached hydrogen (secondary N) is 1. The minimum Gasteiger partial charge on any atom is -0.489 e. The van der Waals surface area contributed by atoms with Gasteiger partial charge in [0, 0.05) is 0 Å². The number of amides is 1. The van der Waals surface area contributed by atoms with Gasteiger partial charge in [0.05, 0.1) is 18.2 Å². The Morgan fingerprint density at radius 1 is 1.29 bits per heavy atom. The summed E-state index contributed by atoms with van der Waals surface area (Å²) < 4.78 is 10.7. The molecule has 2 aliphatic rings. The predicted octanol–water partition coefficient (Wildman–Crippen LogP) is 2.75. The molecule has 1 N–H and O–H groups in total. The first-order chi connectivity index (χ1) is 10.2. The third kappa shape index (κ3) is 2.37. The van der Waals surface area contributed by atoms with Crippen LogP contribution in [0, 0.1) is 5.41 Å². The molecule has 1 heterocycles. The molecule has 1 saturated carbocycles. The zero-order chi connectivity index (χ0) is 14.9. The van der Waals surface area contributed by atoms with Gasteiger partial charge in [-0.2, -0.15) is 0 Å². The third-order valence-corrected chi connectivity index (χ3v) is 4.45. The van der Waals surface area contributed by atoms with Crippen LogP contribution in [0.5, 0.6) is 5.75 Å². The highest BCUT2D eigenvalue weighted by molar-refractivity contribution is 6.01. The minimum atomic E-state index is -0.468. The Balaban J connectivity index is 1.96. The van der Waals surface area contributed by atoms with Gasteiger partial charge in [0.25, 0.3) is 0 Å². The van der Waals surface area contributed by atoms with Crippen LogP contribution in [0.2, 0.25) is 0 Å². The van der Waals surface area contributed by atoms with E-state index in [4.69, 9.17) is 9.47 Å². The fourth-order valence-electron chi connectivity index (χ4n) is 3.19. The number of hydrogen-bond donors (Lipinski definition) is 1. The Bertz CT molecular complexity index is 576. The molecule has 112 valence electrons. The molecule has 1 fully saturated rings. The number of anilines is 1. The van der Waals surface area contributed by atoms with E-state index in [2.05, 4.69) is 5.32 Å². The second-order valence-corrected chi connectivity index (χ2v) is 5.76. The molecule has 3 rings (SSSR count). The van der Waals surface area contributed by atoms with Gasteiger partial charge in [0.2, 0.25) is 5.91 Å². The molecule has 1 amide bonds. The Morgan fingerprint density at radius 3 is 2.76 bits per heavy atom. The zero-order valence-electron chi connectivity index (χ0n) is 12.1. The number of hydrogen-bond acceptors (Lipinski definition) is 4. The average Bonchev–Trinajstić information content (AvgIpc) is 2.65. The number of carbonyl (C=O) groups excluding carboxylic acids is 2. The van der Waals surface area contributed by atoms with Gasteiger partial charge in [-0.05, 0) is 25.0 Å². The highest BCUT2D eigenvalue weighted by Crippen LogP contribution is 2.42. The van der Waals surface area contributed by atoms with Crippen molar-refractivity contribution in [3.8, 4) is 5.75 Å². The van der Waals surface area contributed by atoms with Crippen LogP contribution >= 0.6 is 0 Å². The van der Waals surface area contributed by atoms with Gasteiger partial charge in [0.15, 0.2) is 5.75 Å². The van der Waals surface area contributed by atoms with Crippen molar-refractivity contribution in [3.05, 3.63) is 23.8 Å². The van der Waals surface area contributed by atoms with Crippen LogP contribution < -0.4 is 10.1 Å². The Morgan fingerprint density at radius 2 is 2.05 bits per heavy atom. The van der Waals surface area contributed by atoms with Crippen molar-refractivity contribution < 1.29 is 19.1 Å². The molecule has 1 aromatic rings. The van der Waals surface area contributed by atoms with Gasteiger partial charge in [-0.3, -0.25) is 4.79 Å². The summed E-state index contributed by atoms with van der Waals surface area (Å²) in [5.41, 5.74) is 0.429. The number of ether oxygens (including phenoxy) is 2. The molecule has 21 heavy (non-hydrogen) atoms. The highest BCUT2D eigenvalue weighted by atomic mass is 16.5. The van der Waals surface area contributed by atoms with E-state index in [1.807, 2.05) is 0 Å². The molecule has 1 spiro atoms. The first-order valence-corrected chi connectivity index (χ1v) is 7.32. The van der Waals surface area contributed by atoms with Crippen molar-refractivity contribution in [3.63, 3.8) is 0 Å². The molecule has 1 aromatic carbocycles. The summed E-state index contributed by atoms with van der Waals surface area (Å²) in [5.74, 6) is -0.0381. The summed E-state index contributed by atoms with van der Waals surface area (Å²) in [7, 11) is 1.33. The maximum absolute atomic E-state index is 12.6. The number of benzene rings is 1. The zero-order valence-corrected chi connectivity index (χ0v) is 12.1. The van der Waals surface area contributed by atoms with Crippen molar-refractivity contribution in [2.24, 2.45) is 5.41 Å². The smallest absolute Gasteiger partial charge is 0.341 e. The average molecular weight is 289 g/mol. The quantitative estimate of drug-likeness (QED) is 0.807. The normalized spacial score (nSPS) is 20.0. The molecular formula is C16H19NO4. The number of esters is 1. The van der Waals surface area contributed by atoms with Crippen LogP contribution in [0.4, 0.5) is 5.69 Å². The summed E-state index contributed by atoms with van der Waals surface area (Å²) in [4.78, 5) is 24.4. The Hall–Kier alpha value is -2.04. The minimum absolute atomic E-state index is 0.00275. The largest absolute Gasteiger partial charge is 0.489 e. The predicted molar refractivity (Wildman–Crippen MR) is 77.4 cm³/mol. The third-order valence-electron chi connectivity index (χ3n) is 4.45. The summed E-state index contributed by atoms with van der Waals surface area (Å²) in [6.45, 7) is 0.319. The Kier molecular flexibility index (Phi) is 3.57. The summed E-state index contributed by atoms with van der Waals surface area (Å²) >= 11 is 0. The molecule has 0 radical (unpaired) electrons. The monoisotopic (exact) mass is 289 g/mol. The molecule has 0 unspecified atom stereocenters. The summed E-state index contributed by atoms with van der Waals surface area (Å²) in [5, 5.41) is 2.93. The lowest BCUT2D eigenvalue weighted by Crippen LogP contribution is -2.41. The first-order valence-electron chi connectivity index (χ1n) is 7.32. The van der Waals surface area contributed by atoms with E-state index in [1.54, 1.807) is 18.2 Å². The number of rotatable bonds is 1. The van der Waals surface area contributed by atoms with E-state index < -0.39 is 11.4 Å². The summed E-state index contributed by atoms with van der Waals surface area (Å²) in [6.07, 6.45) is 4.91. The first kappa shape index (κ1) is 13.9. The van der Waals surface area contributed by atoms with Crippen molar-refractivity contribution in [2.45, 2.75) is 32.1 Å². The molecule has 1 aliphatic heterocycles. The van der Waals surface area contributed by atoms with Gasteiger partial charge in [-0.25, -0.2) is 4.79 Å².